The van der Waals surface area contributed by atoms with E-state index >= 15 is 0 Å². The van der Waals surface area contributed by atoms with Crippen molar-refractivity contribution in [3.63, 3.8) is 0 Å². The van der Waals surface area contributed by atoms with Gasteiger partial charge in [-0.2, -0.15) is 0 Å². The number of hydrogen-bond acceptors (Lipinski definition) is 3. The molecule has 2 N–H and O–H groups in total. The molecule has 0 aliphatic heterocycles. The van der Waals surface area contributed by atoms with Crippen molar-refractivity contribution in [3.8, 4) is 0 Å². The minimum Gasteiger partial charge on any atom is -0.330 e. The summed E-state index contributed by atoms with van der Waals surface area (Å²) in [5.41, 5.74) is 5.60. The van der Waals surface area contributed by atoms with Crippen molar-refractivity contribution in [1.29, 1.82) is 0 Å². The molecule has 0 saturated carbocycles. The Kier molecular flexibility index (Phi) is 3.42. The summed E-state index contributed by atoms with van der Waals surface area (Å²) in [5, 5.41) is 8.20. The Balaban J connectivity index is 2.92. The highest BCUT2D eigenvalue weighted by Gasteiger charge is 2.13. The van der Waals surface area contributed by atoms with Gasteiger partial charge in [-0.3, -0.25) is 0 Å². The van der Waals surface area contributed by atoms with Crippen LogP contribution in [0, 0.1) is 6.92 Å². The van der Waals surface area contributed by atoms with Crippen LogP contribution < -0.4 is 5.73 Å². The molecule has 4 heteroatoms. The normalized spacial score (nSPS) is 13.2. The Labute approximate surface area is 79.2 Å². The first kappa shape index (κ1) is 10.2. The molecule has 1 aromatic heterocycles. The largest absolute Gasteiger partial charge is 0.330 e. The Morgan fingerprint density at radius 3 is 2.69 bits per heavy atom. The summed E-state index contributed by atoms with van der Waals surface area (Å²) < 4.78 is 2.15. The molecule has 0 spiro atoms. The Bertz CT molecular complexity index is 267. The highest BCUT2D eigenvalue weighted by atomic mass is 15.3. The van der Waals surface area contributed by atoms with Crippen molar-refractivity contribution >= 4 is 0 Å². The van der Waals surface area contributed by atoms with Gasteiger partial charge in [-0.1, -0.05) is 13.8 Å². The van der Waals surface area contributed by atoms with Crippen LogP contribution in [0.4, 0.5) is 0 Å². The zero-order valence-corrected chi connectivity index (χ0v) is 8.62. The van der Waals surface area contributed by atoms with Gasteiger partial charge in [0, 0.05) is 19.0 Å². The van der Waals surface area contributed by atoms with Crippen molar-refractivity contribution in [3.05, 3.63) is 11.6 Å². The molecule has 1 rings (SSSR count). The van der Waals surface area contributed by atoms with Crippen LogP contribution >= 0.6 is 0 Å². The Hall–Kier alpha value is -0.900. The van der Waals surface area contributed by atoms with Gasteiger partial charge in [0.05, 0.1) is 0 Å². The number of rotatable bonds is 4. The van der Waals surface area contributed by atoms with Gasteiger partial charge in [0.25, 0.3) is 0 Å². The first-order valence-corrected chi connectivity index (χ1v) is 4.80. The average Bonchev–Trinajstić information content (AvgIpc) is 2.48. The first-order valence-electron chi connectivity index (χ1n) is 4.80. The lowest BCUT2D eigenvalue weighted by atomic mass is 10.1. The van der Waals surface area contributed by atoms with Crippen molar-refractivity contribution < 1.29 is 0 Å². The lowest BCUT2D eigenvalue weighted by molar-refractivity contribution is 0.583. The van der Waals surface area contributed by atoms with Crippen LogP contribution in [0.3, 0.4) is 0 Å². The zero-order valence-electron chi connectivity index (χ0n) is 8.62. The van der Waals surface area contributed by atoms with Gasteiger partial charge in [0.15, 0.2) is 0 Å². The quantitative estimate of drug-likeness (QED) is 0.757. The third-order valence-electron chi connectivity index (χ3n) is 2.21. The van der Waals surface area contributed by atoms with Gasteiger partial charge >= 0.3 is 0 Å². The third-order valence-corrected chi connectivity index (χ3v) is 2.21. The molecular formula is C9H18N4. The highest BCUT2D eigenvalue weighted by Crippen LogP contribution is 2.12. The standard InChI is InChI=1S/C9H18N4/c1-4-5-13-8(3)11-12-9(13)7(2)6-10/h7H,4-6,10H2,1-3H3. The van der Waals surface area contributed by atoms with Crippen molar-refractivity contribution in [2.75, 3.05) is 6.54 Å². The predicted molar refractivity (Wildman–Crippen MR) is 52.5 cm³/mol. The molecule has 0 radical (unpaired) electrons. The molecule has 1 aromatic rings. The van der Waals surface area contributed by atoms with Crippen LogP contribution in [0.1, 0.15) is 37.8 Å². The maximum atomic E-state index is 5.60. The zero-order chi connectivity index (χ0) is 9.84. The topological polar surface area (TPSA) is 56.7 Å². The van der Waals surface area contributed by atoms with Crippen molar-refractivity contribution in [2.24, 2.45) is 5.73 Å². The van der Waals surface area contributed by atoms with E-state index in [1.54, 1.807) is 0 Å². The van der Waals surface area contributed by atoms with E-state index in [9.17, 15) is 0 Å². The summed E-state index contributed by atoms with van der Waals surface area (Å²) in [4.78, 5) is 0. The van der Waals surface area contributed by atoms with E-state index in [2.05, 4.69) is 28.6 Å². The van der Waals surface area contributed by atoms with Gasteiger partial charge < -0.3 is 10.3 Å². The van der Waals surface area contributed by atoms with Crippen LogP contribution in [0.2, 0.25) is 0 Å². The smallest absolute Gasteiger partial charge is 0.137 e. The lowest BCUT2D eigenvalue weighted by Gasteiger charge is -2.10. The van der Waals surface area contributed by atoms with Crippen LogP contribution in [0.15, 0.2) is 0 Å². The summed E-state index contributed by atoms with van der Waals surface area (Å²) in [6.45, 7) is 7.82. The van der Waals surface area contributed by atoms with Gasteiger partial charge in [-0.15, -0.1) is 10.2 Å². The van der Waals surface area contributed by atoms with E-state index in [-0.39, 0.29) is 0 Å². The molecule has 0 amide bonds. The molecule has 1 heterocycles. The first-order chi connectivity index (χ1) is 6.20. The van der Waals surface area contributed by atoms with E-state index in [4.69, 9.17) is 5.73 Å². The molecule has 0 aromatic carbocycles. The second-order valence-electron chi connectivity index (χ2n) is 3.39. The maximum absolute atomic E-state index is 5.60. The maximum Gasteiger partial charge on any atom is 0.137 e. The molecule has 74 valence electrons. The lowest BCUT2D eigenvalue weighted by Crippen LogP contribution is -2.15. The minimum atomic E-state index is 0.299. The highest BCUT2D eigenvalue weighted by molar-refractivity contribution is 5.00. The molecule has 1 unspecified atom stereocenters. The van der Waals surface area contributed by atoms with E-state index < -0.39 is 0 Å². The predicted octanol–water partition coefficient (Wildman–Crippen LogP) is 1.06. The molecular weight excluding hydrogens is 164 g/mol. The van der Waals surface area contributed by atoms with Gasteiger partial charge in [-0.25, -0.2) is 0 Å². The Morgan fingerprint density at radius 2 is 2.15 bits per heavy atom. The fourth-order valence-electron chi connectivity index (χ4n) is 1.37. The number of hydrogen-bond donors (Lipinski definition) is 1. The molecule has 0 aliphatic carbocycles. The number of aryl methyl sites for hydroxylation is 1. The van der Waals surface area contributed by atoms with E-state index in [0.29, 0.717) is 12.5 Å². The molecule has 0 aliphatic rings. The summed E-state index contributed by atoms with van der Waals surface area (Å²) in [6, 6.07) is 0. The van der Waals surface area contributed by atoms with Crippen LogP contribution in [0.5, 0.6) is 0 Å². The summed E-state index contributed by atoms with van der Waals surface area (Å²) in [5.74, 6) is 2.30. The molecule has 4 nitrogen and oxygen atoms in total. The molecule has 0 fully saturated rings. The summed E-state index contributed by atoms with van der Waals surface area (Å²) in [6.07, 6.45) is 1.10. The van der Waals surface area contributed by atoms with Gasteiger partial charge in [0.2, 0.25) is 0 Å². The van der Waals surface area contributed by atoms with E-state index in [1.807, 2.05) is 6.92 Å². The summed E-state index contributed by atoms with van der Waals surface area (Å²) >= 11 is 0. The number of aromatic nitrogens is 3. The second kappa shape index (κ2) is 4.37. The fourth-order valence-corrected chi connectivity index (χ4v) is 1.37. The van der Waals surface area contributed by atoms with Crippen LogP contribution in [-0.2, 0) is 6.54 Å². The average molecular weight is 182 g/mol. The van der Waals surface area contributed by atoms with E-state index in [0.717, 1.165) is 24.6 Å². The van der Waals surface area contributed by atoms with Crippen LogP contribution in [0.25, 0.3) is 0 Å². The van der Waals surface area contributed by atoms with E-state index in [1.165, 1.54) is 0 Å². The van der Waals surface area contributed by atoms with Gasteiger partial charge in [-0.05, 0) is 13.3 Å². The number of nitrogens with zero attached hydrogens (tertiary/aromatic N) is 3. The molecule has 13 heavy (non-hydrogen) atoms. The molecule has 0 bridgehead atoms. The summed E-state index contributed by atoms with van der Waals surface area (Å²) in [7, 11) is 0. The SMILES string of the molecule is CCCn1c(C)nnc1C(C)CN. The second-order valence-corrected chi connectivity index (χ2v) is 3.39. The fraction of sp³-hybridized carbons (Fsp3) is 0.778. The monoisotopic (exact) mass is 182 g/mol. The van der Waals surface area contributed by atoms with Gasteiger partial charge in [0.1, 0.15) is 11.6 Å². The Morgan fingerprint density at radius 1 is 1.46 bits per heavy atom. The van der Waals surface area contributed by atoms with Crippen molar-refractivity contribution in [2.45, 2.75) is 39.7 Å². The molecule has 0 saturated heterocycles. The number of nitrogens with two attached hydrogens (primary N) is 1. The molecule has 1 atom stereocenters. The van der Waals surface area contributed by atoms with Crippen molar-refractivity contribution in [1.82, 2.24) is 14.8 Å². The third kappa shape index (κ3) is 2.06. The minimum absolute atomic E-state index is 0.299. The van der Waals surface area contributed by atoms with Crippen LogP contribution in [-0.4, -0.2) is 21.3 Å².